The monoisotopic (exact) mass is 369 g/mol. The third kappa shape index (κ3) is 3.05. The number of rotatable bonds is 4. The second kappa shape index (κ2) is 6.22. The molecule has 0 aromatic heterocycles. The number of halogens is 1. The Morgan fingerprint density at radius 3 is 2.52 bits per heavy atom. The van der Waals surface area contributed by atoms with Crippen LogP contribution in [0.5, 0.6) is 17.2 Å². The van der Waals surface area contributed by atoms with Crippen molar-refractivity contribution in [2.24, 2.45) is 0 Å². The number of ether oxygens (including phenoxy) is 2. The van der Waals surface area contributed by atoms with Crippen LogP contribution in [0.25, 0.3) is 10.8 Å². The highest BCUT2D eigenvalue weighted by Crippen LogP contribution is 2.37. The lowest BCUT2D eigenvalue weighted by Crippen LogP contribution is -2.50. The lowest BCUT2D eigenvalue weighted by atomic mass is 10.1. The van der Waals surface area contributed by atoms with E-state index < -0.39 is 0 Å². The van der Waals surface area contributed by atoms with Gasteiger partial charge in [-0.05, 0) is 29.7 Å². The second-order valence-corrected chi connectivity index (χ2v) is 6.48. The minimum absolute atomic E-state index is 0.208. The molecule has 0 radical (unpaired) electrons. The molecule has 0 saturated carbocycles. The smallest absolute Gasteiger partial charge is 0.169 e. The van der Waals surface area contributed by atoms with Crippen molar-refractivity contribution in [3.05, 3.63) is 65.1 Å². The van der Waals surface area contributed by atoms with E-state index >= 15 is 0 Å². The summed E-state index contributed by atoms with van der Waals surface area (Å²) >= 11 is 3.50. The van der Waals surface area contributed by atoms with Crippen LogP contribution in [0.1, 0.15) is 0 Å². The lowest BCUT2D eigenvalue weighted by Gasteiger charge is -2.28. The molecule has 1 aliphatic rings. The summed E-state index contributed by atoms with van der Waals surface area (Å²) in [5, 5.41) is 5.46. The van der Waals surface area contributed by atoms with Crippen LogP contribution in [-0.4, -0.2) is 19.2 Å². The molecule has 3 nitrogen and oxygen atoms in total. The van der Waals surface area contributed by atoms with E-state index in [2.05, 4.69) is 39.4 Å². The molecule has 1 aliphatic heterocycles. The van der Waals surface area contributed by atoms with E-state index in [1.165, 1.54) is 0 Å². The Labute approximate surface area is 143 Å². The first-order valence-corrected chi connectivity index (χ1v) is 8.41. The van der Waals surface area contributed by atoms with E-state index in [0.29, 0.717) is 0 Å². The van der Waals surface area contributed by atoms with Crippen molar-refractivity contribution in [3.8, 4) is 17.2 Å². The van der Waals surface area contributed by atoms with Crippen LogP contribution in [0.2, 0.25) is 0 Å². The van der Waals surface area contributed by atoms with Crippen LogP contribution in [-0.2, 0) is 0 Å². The Hall–Kier alpha value is -2.04. The van der Waals surface area contributed by atoms with Gasteiger partial charge in [0.2, 0.25) is 0 Å². The van der Waals surface area contributed by atoms with Gasteiger partial charge < -0.3 is 14.8 Å². The summed E-state index contributed by atoms with van der Waals surface area (Å²) in [6, 6.07) is 20.1. The molecule has 3 aromatic rings. The van der Waals surface area contributed by atoms with E-state index in [0.717, 1.165) is 45.6 Å². The van der Waals surface area contributed by atoms with Crippen molar-refractivity contribution in [3.63, 3.8) is 0 Å². The average Bonchev–Trinajstić information content (AvgIpc) is 2.53. The Morgan fingerprint density at radius 1 is 0.870 bits per heavy atom. The fraction of sp³-hybridized carbons (Fsp3) is 0.158. The van der Waals surface area contributed by atoms with Gasteiger partial charge in [0.05, 0.1) is 0 Å². The summed E-state index contributed by atoms with van der Waals surface area (Å²) < 4.78 is 13.2. The molecule has 0 spiro atoms. The summed E-state index contributed by atoms with van der Waals surface area (Å²) in [5.74, 6) is 2.33. The minimum atomic E-state index is 0.208. The topological polar surface area (TPSA) is 30.5 Å². The molecule has 3 aromatic carbocycles. The zero-order valence-electron chi connectivity index (χ0n) is 12.5. The lowest BCUT2D eigenvalue weighted by molar-refractivity contribution is 0.138. The molecular weight excluding hydrogens is 354 g/mol. The SMILES string of the molecule is Brc1ccc(Oc2cccc3ccccc23)c(OC2CNC2)c1. The van der Waals surface area contributed by atoms with Gasteiger partial charge in [-0.15, -0.1) is 0 Å². The van der Waals surface area contributed by atoms with Crippen molar-refractivity contribution < 1.29 is 9.47 Å². The first-order valence-electron chi connectivity index (χ1n) is 7.62. The van der Waals surface area contributed by atoms with Gasteiger partial charge in [0.1, 0.15) is 11.9 Å². The average molecular weight is 370 g/mol. The van der Waals surface area contributed by atoms with Crippen LogP contribution in [0, 0.1) is 0 Å². The van der Waals surface area contributed by atoms with E-state index in [1.807, 2.05) is 42.5 Å². The molecule has 1 N–H and O–H groups in total. The molecule has 0 amide bonds. The van der Waals surface area contributed by atoms with Crippen molar-refractivity contribution >= 4 is 26.7 Å². The summed E-state index contributed by atoms with van der Waals surface area (Å²) in [4.78, 5) is 0. The van der Waals surface area contributed by atoms with Gasteiger partial charge in [-0.3, -0.25) is 0 Å². The Kier molecular flexibility index (Phi) is 3.93. The molecular formula is C19H16BrNO2. The van der Waals surface area contributed by atoms with E-state index in [-0.39, 0.29) is 6.10 Å². The van der Waals surface area contributed by atoms with Gasteiger partial charge >= 0.3 is 0 Å². The second-order valence-electron chi connectivity index (χ2n) is 5.57. The van der Waals surface area contributed by atoms with Crippen LogP contribution >= 0.6 is 15.9 Å². The maximum Gasteiger partial charge on any atom is 0.169 e. The van der Waals surface area contributed by atoms with Gasteiger partial charge in [0.15, 0.2) is 11.5 Å². The number of hydrogen-bond acceptors (Lipinski definition) is 3. The molecule has 0 bridgehead atoms. The number of nitrogens with one attached hydrogen (secondary N) is 1. The predicted molar refractivity (Wildman–Crippen MR) is 95.4 cm³/mol. The summed E-state index contributed by atoms with van der Waals surface area (Å²) in [5.41, 5.74) is 0. The molecule has 1 fully saturated rings. The Bertz CT molecular complexity index is 840. The highest BCUT2D eigenvalue weighted by Gasteiger charge is 2.20. The summed E-state index contributed by atoms with van der Waals surface area (Å²) in [6.45, 7) is 1.75. The van der Waals surface area contributed by atoms with Gasteiger partial charge in [-0.2, -0.15) is 0 Å². The molecule has 23 heavy (non-hydrogen) atoms. The largest absolute Gasteiger partial charge is 0.484 e. The molecule has 1 saturated heterocycles. The summed E-state index contributed by atoms with van der Waals surface area (Å²) in [6.07, 6.45) is 0.208. The fourth-order valence-corrected chi connectivity index (χ4v) is 2.93. The quantitative estimate of drug-likeness (QED) is 0.719. The summed E-state index contributed by atoms with van der Waals surface area (Å²) in [7, 11) is 0. The van der Waals surface area contributed by atoms with Gasteiger partial charge in [-0.1, -0.05) is 52.3 Å². The first kappa shape index (κ1) is 14.5. The van der Waals surface area contributed by atoms with Crippen molar-refractivity contribution in [1.82, 2.24) is 5.32 Å². The molecule has 0 atom stereocenters. The van der Waals surface area contributed by atoms with Crippen molar-refractivity contribution in [2.45, 2.75) is 6.10 Å². The first-order chi connectivity index (χ1) is 11.3. The Morgan fingerprint density at radius 2 is 1.70 bits per heavy atom. The van der Waals surface area contributed by atoms with Crippen LogP contribution in [0.4, 0.5) is 0 Å². The zero-order chi connectivity index (χ0) is 15.6. The highest BCUT2D eigenvalue weighted by atomic mass is 79.9. The third-order valence-electron chi connectivity index (χ3n) is 3.91. The standard InChI is InChI=1S/C19H16BrNO2/c20-14-8-9-18(19(10-14)22-15-11-21-12-15)23-17-7-3-5-13-4-1-2-6-16(13)17/h1-10,15,21H,11-12H2. The van der Waals surface area contributed by atoms with Crippen molar-refractivity contribution in [2.75, 3.05) is 13.1 Å². The van der Waals surface area contributed by atoms with Crippen molar-refractivity contribution in [1.29, 1.82) is 0 Å². The number of hydrogen-bond donors (Lipinski definition) is 1. The maximum atomic E-state index is 6.18. The molecule has 4 rings (SSSR count). The van der Waals surface area contributed by atoms with E-state index in [1.54, 1.807) is 0 Å². The zero-order valence-corrected chi connectivity index (χ0v) is 14.0. The number of benzene rings is 3. The fourth-order valence-electron chi connectivity index (χ4n) is 2.59. The maximum absolute atomic E-state index is 6.18. The normalized spacial score (nSPS) is 14.5. The van der Waals surface area contributed by atoms with Crippen LogP contribution in [0.15, 0.2) is 65.1 Å². The minimum Gasteiger partial charge on any atom is -0.484 e. The number of fused-ring (bicyclic) bond motifs is 1. The third-order valence-corrected chi connectivity index (χ3v) is 4.41. The Balaban J connectivity index is 1.69. The predicted octanol–water partition coefficient (Wildman–Crippen LogP) is 4.75. The molecule has 0 unspecified atom stereocenters. The van der Waals surface area contributed by atoms with Crippen LogP contribution in [0.3, 0.4) is 0 Å². The van der Waals surface area contributed by atoms with Gasteiger partial charge in [0.25, 0.3) is 0 Å². The molecule has 0 aliphatic carbocycles. The van der Waals surface area contributed by atoms with Crippen LogP contribution < -0.4 is 14.8 Å². The van der Waals surface area contributed by atoms with Gasteiger partial charge in [-0.25, -0.2) is 0 Å². The van der Waals surface area contributed by atoms with E-state index in [9.17, 15) is 0 Å². The highest BCUT2D eigenvalue weighted by molar-refractivity contribution is 9.10. The van der Waals surface area contributed by atoms with Gasteiger partial charge in [0, 0.05) is 22.9 Å². The molecule has 4 heteroatoms. The molecule has 116 valence electrons. The van der Waals surface area contributed by atoms with E-state index in [4.69, 9.17) is 9.47 Å². The molecule has 1 heterocycles.